The molecule has 1 heterocycles. The number of Topliss-reactive ketones (excluding diaryl/α,β-unsaturated/α-hetero) is 1. The maximum absolute atomic E-state index is 11.1. The van der Waals surface area contributed by atoms with Gasteiger partial charge in [0.1, 0.15) is 11.7 Å². The third kappa shape index (κ3) is 1.77. The number of hydrogen-bond acceptors (Lipinski definition) is 4. The molecule has 0 radical (unpaired) electrons. The van der Waals surface area contributed by atoms with Crippen LogP contribution in [0.3, 0.4) is 0 Å². The lowest BCUT2D eigenvalue weighted by atomic mass is 9.98. The van der Waals surface area contributed by atoms with Crippen LogP contribution in [-0.2, 0) is 14.3 Å². The van der Waals surface area contributed by atoms with Gasteiger partial charge in [0.15, 0.2) is 0 Å². The van der Waals surface area contributed by atoms with Gasteiger partial charge < -0.3 is 10.1 Å². The summed E-state index contributed by atoms with van der Waals surface area (Å²) in [4.78, 5) is 21.9. The normalized spacial score (nSPS) is 24.8. The van der Waals surface area contributed by atoms with Crippen LogP contribution in [0.5, 0.6) is 0 Å². The largest absolute Gasteiger partial charge is 0.468 e. The summed E-state index contributed by atoms with van der Waals surface area (Å²) in [5.41, 5.74) is 0. The van der Waals surface area contributed by atoms with Crippen LogP contribution in [0.4, 0.5) is 0 Å². The Morgan fingerprint density at radius 1 is 1.73 bits per heavy atom. The number of piperidine rings is 1. The summed E-state index contributed by atoms with van der Waals surface area (Å²) in [5, 5.41) is 2.96. The number of esters is 1. The van der Waals surface area contributed by atoms with Crippen molar-refractivity contribution in [2.24, 2.45) is 5.92 Å². The maximum Gasteiger partial charge on any atom is 0.317 e. The van der Waals surface area contributed by atoms with Crippen molar-refractivity contribution in [1.82, 2.24) is 5.32 Å². The minimum absolute atomic E-state index is 0.0180. The molecule has 1 saturated heterocycles. The number of methoxy groups -OCH3 is 1. The fraction of sp³-hybridized carbons (Fsp3) is 0.714. The lowest BCUT2D eigenvalue weighted by Gasteiger charge is -2.18. The van der Waals surface area contributed by atoms with Crippen LogP contribution in [0.25, 0.3) is 0 Å². The summed E-state index contributed by atoms with van der Waals surface area (Å²) in [5.74, 6) is -1.02. The molecular weight excluding hydrogens is 146 g/mol. The van der Waals surface area contributed by atoms with Crippen LogP contribution in [0, 0.1) is 5.92 Å². The molecule has 1 atom stereocenters. The van der Waals surface area contributed by atoms with E-state index >= 15 is 0 Å². The van der Waals surface area contributed by atoms with Crippen molar-refractivity contribution in [3.05, 3.63) is 0 Å². The average molecular weight is 157 g/mol. The number of rotatable bonds is 1. The highest BCUT2D eigenvalue weighted by atomic mass is 16.5. The van der Waals surface area contributed by atoms with Crippen molar-refractivity contribution >= 4 is 11.8 Å². The highest BCUT2D eigenvalue weighted by Gasteiger charge is 2.29. The lowest BCUT2D eigenvalue weighted by molar-refractivity contribution is -0.149. The highest BCUT2D eigenvalue weighted by molar-refractivity contribution is 5.99. The van der Waals surface area contributed by atoms with Gasteiger partial charge in [0, 0.05) is 19.5 Å². The first kappa shape index (κ1) is 8.20. The molecule has 1 aliphatic rings. The molecule has 1 rings (SSSR count). The van der Waals surface area contributed by atoms with Crippen LogP contribution >= 0.6 is 0 Å². The Morgan fingerprint density at radius 2 is 2.45 bits per heavy atom. The van der Waals surface area contributed by atoms with Gasteiger partial charge in [-0.2, -0.15) is 0 Å². The highest BCUT2D eigenvalue weighted by Crippen LogP contribution is 2.06. The molecule has 4 nitrogen and oxygen atoms in total. The Labute approximate surface area is 64.9 Å². The van der Waals surface area contributed by atoms with Gasteiger partial charge in [-0.1, -0.05) is 0 Å². The van der Waals surface area contributed by atoms with E-state index in [9.17, 15) is 9.59 Å². The third-order valence-electron chi connectivity index (χ3n) is 1.77. The van der Waals surface area contributed by atoms with Gasteiger partial charge in [-0.25, -0.2) is 0 Å². The quantitative estimate of drug-likeness (QED) is 0.405. The van der Waals surface area contributed by atoms with E-state index in [-0.39, 0.29) is 5.78 Å². The Kier molecular flexibility index (Phi) is 2.59. The molecule has 0 bridgehead atoms. The molecule has 62 valence electrons. The third-order valence-corrected chi connectivity index (χ3v) is 1.77. The molecule has 0 aromatic carbocycles. The predicted octanol–water partition coefficient (Wildman–Crippen LogP) is -0.662. The molecule has 4 heteroatoms. The van der Waals surface area contributed by atoms with Crippen molar-refractivity contribution in [2.75, 3.05) is 20.2 Å². The topological polar surface area (TPSA) is 55.4 Å². The summed E-state index contributed by atoms with van der Waals surface area (Å²) in [6.45, 7) is 1.10. The summed E-state index contributed by atoms with van der Waals surface area (Å²) >= 11 is 0. The van der Waals surface area contributed by atoms with Crippen molar-refractivity contribution in [3.63, 3.8) is 0 Å². The van der Waals surface area contributed by atoms with Crippen LogP contribution in [0.2, 0.25) is 0 Å². The van der Waals surface area contributed by atoms with Crippen LogP contribution in [0.1, 0.15) is 6.42 Å². The first-order chi connectivity index (χ1) is 5.25. The fourth-order valence-corrected chi connectivity index (χ4v) is 1.10. The van der Waals surface area contributed by atoms with E-state index in [1.54, 1.807) is 0 Å². The average Bonchev–Trinajstić information content (AvgIpc) is 2.04. The molecule has 0 aliphatic carbocycles. The van der Waals surface area contributed by atoms with Crippen molar-refractivity contribution in [2.45, 2.75) is 6.42 Å². The van der Waals surface area contributed by atoms with Gasteiger partial charge >= 0.3 is 5.97 Å². The lowest BCUT2D eigenvalue weighted by Crippen LogP contribution is -2.41. The number of ether oxygens (including phenoxy) is 1. The number of nitrogens with one attached hydrogen (secondary N) is 1. The van der Waals surface area contributed by atoms with Gasteiger partial charge in [0.05, 0.1) is 7.11 Å². The molecule has 0 saturated carbocycles. The second-order valence-corrected chi connectivity index (χ2v) is 2.50. The number of ketones is 1. The summed E-state index contributed by atoms with van der Waals surface area (Å²) in [6, 6.07) is 0. The van der Waals surface area contributed by atoms with Gasteiger partial charge in [-0.3, -0.25) is 9.59 Å². The zero-order valence-electron chi connectivity index (χ0n) is 6.42. The summed E-state index contributed by atoms with van der Waals surface area (Å²) < 4.78 is 4.46. The molecule has 0 amide bonds. The van der Waals surface area contributed by atoms with E-state index in [0.29, 0.717) is 19.5 Å². The Balaban J connectivity index is 2.54. The first-order valence-electron chi connectivity index (χ1n) is 3.57. The van der Waals surface area contributed by atoms with Crippen molar-refractivity contribution in [1.29, 1.82) is 0 Å². The minimum atomic E-state index is -0.575. The number of carbonyl (C=O) groups is 2. The Morgan fingerprint density at radius 3 is 3.00 bits per heavy atom. The van der Waals surface area contributed by atoms with Gasteiger partial charge in [0.25, 0.3) is 0 Å². The van der Waals surface area contributed by atoms with E-state index in [1.807, 2.05) is 0 Å². The van der Waals surface area contributed by atoms with Gasteiger partial charge in [0.2, 0.25) is 0 Å². The van der Waals surface area contributed by atoms with Crippen molar-refractivity contribution < 1.29 is 14.3 Å². The molecule has 0 unspecified atom stereocenters. The fourth-order valence-electron chi connectivity index (χ4n) is 1.10. The molecule has 1 N–H and O–H groups in total. The molecule has 11 heavy (non-hydrogen) atoms. The second kappa shape index (κ2) is 3.48. The van der Waals surface area contributed by atoms with E-state index in [4.69, 9.17) is 0 Å². The predicted molar refractivity (Wildman–Crippen MR) is 38.0 cm³/mol. The molecule has 1 aliphatic heterocycles. The molecular formula is C7H11NO3. The van der Waals surface area contributed by atoms with Crippen LogP contribution in [0.15, 0.2) is 0 Å². The smallest absolute Gasteiger partial charge is 0.317 e. The van der Waals surface area contributed by atoms with E-state index in [1.165, 1.54) is 7.11 Å². The van der Waals surface area contributed by atoms with E-state index in [0.717, 1.165) is 0 Å². The SMILES string of the molecule is COC(=O)[C@@H]1CNCCC1=O. The maximum atomic E-state index is 11.1. The Hall–Kier alpha value is -0.900. The van der Waals surface area contributed by atoms with Gasteiger partial charge in [-0.15, -0.1) is 0 Å². The summed E-state index contributed by atoms with van der Waals surface area (Å²) in [7, 11) is 1.30. The standard InChI is InChI=1S/C7H11NO3/c1-11-7(10)5-4-8-3-2-6(5)9/h5,8H,2-4H2,1H3/t5-/m1/s1. The van der Waals surface area contributed by atoms with E-state index < -0.39 is 11.9 Å². The van der Waals surface area contributed by atoms with Crippen LogP contribution < -0.4 is 5.32 Å². The zero-order valence-corrected chi connectivity index (χ0v) is 6.42. The molecule has 0 spiro atoms. The minimum Gasteiger partial charge on any atom is -0.468 e. The molecule has 0 aromatic heterocycles. The summed E-state index contributed by atoms with van der Waals surface area (Å²) in [6.07, 6.45) is 0.430. The van der Waals surface area contributed by atoms with E-state index in [2.05, 4.69) is 10.1 Å². The zero-order chi connectivity index (χ0) is 8.27. The van der Waals surface area contributed by atoms with Crippen molar-refractivity contribution in [3.8, 4) is 0 Å². The second-order valence-electron chi connectivity index (χ2n) is 2.50. The Bertz CT molecular complexity index is 171. The monoisotopic (exact) mass is 157 g/mol. The molecule has 1 fully saturated rings. The first-order valence-corrected chi connectivity index (χ1v) is 3.57. The van der Waals surface area contributed by atoms with Gasteiger partial charge in [-0.05, 0) is 0 Å². The number of carbonyl (C=O) groups excluding carboxylic acids is 2. The number of hydrogen-bond donors (Lipinski definition) is 1. The molecule has 0 aromatic rings. The van der Waals surface area contributed by atoms with Crippen LogP contribution in [-0.4, -0.2) is 32.0 Å².